The number of aryl methyl sites for hydroxylation is 2. The van der Waals surface area contributed by atoms with Gasteiger partial charge in [0.25, 0.3) is 0 Å². The van der Waals surface area contributed by atoms with Gasteiger partial charge in [-0.2, -0.15) is 5.26 Å². The Kier molecular flexibility index (Phi) is 6.99. The fourth-order valence-corrected chi connectivity index (χ4v) is 4.45. The van der Waals surface area contributed by atoms with Gasteiger partial charge in [0, 0.05) is 21.7 Å². The molecule has 0 radical (unpaired) electrons. The van der Waals surface area contributed by atoms with Crippen LogP contribution in [0.2, 0.25) is 0 Å². The average Bonchev–Trinajstić information content (AvgIpc) is 2.81. The number of nitrogens with two attached hydrogens (primary N) is 1. The summed E-state index contributed by atoms with van der Waals surface area (Å²) in [7, 11) is 1.56. The van der Waals surface area contributed by atoms with Crippen molar-refractivity contribution in [3.63, 3.8) is 0 Å². The number of halogens is 1. The molecule has 0 saturated heterocycles. The molecule has 1 unspecified atom stereocenters. The summed E-state index contributed by atoms with van der Waals surface area (Å²) in [6.07, 6.45) is 0. The van der Waals surface area contributed by atoms with Crippen molar-refractivity contribution in [2.75, 3.05) is 13.7 Å². The summed E-state index contributed by atoms with van der Waals surface area (Å²) in [6, 6.07) is 18.4. The van der Waals surface area contributed by atoms with Crippen LogP contribution in [0.25, 0.3) is 0 Å². The van der Waals surface area contributed by atoms with E-state index in [4.69, 9.17) is 24.7 Å². The number of esters is 1. The van der Waals surface area contributed by atoms with Gasteiger partial charge in [-0.05, 0) is 61.4 Å². The average molecular weight is 535 g/mol. The van der Waals surface area contributed by atoms with E-state index in [1.54, 1.807) is 25.3 Å². The number of rotatable bonds is 6. The summed E-state index contributed by atoms with van der Waals surface area (Å²) in [5.74, 6) is 0.750. The van der Waals surface area contributed by atoms with Crippen LogP contribution in [0.15, 0.2) is 70.5 Å². The van der Waals surface area contributed by atoms with E-state index in [1.165, 1.54) is 0 Å². The molecule has 0 saturated carbocycles. The van der Waals surface area contributed by atoms with Crippen LogP contribution in [-0.2, 0) is 4.79 Å². The van der Waals surface area contributed by atoms with Gasteiger partial charge in [0.05, 0.1) is 13.0 Å². The fourth-order valence-electron chi connectivity index (χ4n) is 4.07. The zero-order chi connectivity index (χ0) is 25.1. The molecule has 0 spiro atoms. The molecule has 8 heteroatoms. The Bertz CT molecular complexity index is 1360. The van der Waals surface area contributed by atoms with E-state index in [-0.39, 0.29) is 23.8 Å². The van der Waals surface area contributed by atoms with Gasteiger partial charge in [-0.25, -0.2) is 4.79 Å². The van der Waals surface area contributed by atoms with E-state index in [0.29, 0.717) is 22.8 Å². The lowest BCUT2D eigenvalue weighted by molar-refractivity contribution is -0.136. The summed E-state index contributed by atoms with van der Waals surface area (Å²) in [5.41, 5.74) is 9.89. The molecule has 0 bridgehead atoms. The molecule has 178 valence electrons. The number of hydrogen-bond donors (Lipinski definition) is 1. The largest absolute Gasteiger partial charge is 0.496 e. The zero-order valence-electron chi connectivity index (χ0n) is 19.4. The number of carbonyl (C=O) groups is 1. The lowest BCUT2D eigenvalue weighted by Crippen LogP contribution is -2.22. The van der Waals surface area contributed by atoms with Crippen molar-refractivity contribution in [2.45, 2.75) is 19.8 Å². The standard InChI is InChI=1S/C27H23BrN2O5/c1-15-8-16(2)10-19(9-15)33-14-25(31)34-18-5-6-20-24(12-18)35-27(30)22(13-29)26(20)21-11-17(28)4-7-23(21)32-3/h4-12,26H,14,30H2,1-3H3. The number of fused-ring (bicyclic) bond motifs is 1. The van der Waals surface area contributed by atoms with Crippen LogP contribution in [-0.4, -0.2) is 19.7 Å². The maximum Gasteiger partial charge on any atom is 0.349 e. The summed E-state index contributed by atoms with van der Waals surface area (Å²) < 4.78 is 23.1. The summed E-state index contributed by atoms with van der Waals surface area (Å²) in [6.45, 7) is 3.67. The number of methoxy groups -OCH3 is 1. The van der Waals surface area contributed by atoms with Crippen molar-refractivity contribution in [1.82, 2.24) is 0 Å². The third-order valence-electron chi connectivity index (χ3n) is 5.48. The molecular weight excluding hydrogens is 512 g/mol. The van der Waals surface area contributed by atoms with Crippen LogP contribution in [0.4, 0.5) is 0 Å². The number of ether oxygens (including phenoxy) is 4. The molecule has 0 fully saturated rings. The van der Waals surface area contributed by atoms with Gasteiger partial charge in [0.2, 0.25) is 5.88 Å². The highest BCUT2D eigenvalue weighted by atomic mass is 79.9. The summed E-state index contributed by atoms with van der Waals surface area (Å²) in [5, 5.41) is 9.81. The molecule has 0 amide bonds. The first kappa shape index (κ1) is 24.2. The van der Waals surface area contributed by atoms with Crippen molar-refractivity contribution in [3.05, 3.63) is 92.8 Å². The normalized spacial score (nSPS) is 14.4. The predicted molar refractivity (Wildman–Crippen MR) is 133 cm³/mol. The molecule has 3 aromatic carbocycles. The van der Waals surface area contributed by atoms with Crippen LogP contribution >= 0.6 is 15.9 Å². The number of carbonyl (C=O) groups excluding carboxylic acids is 1. The highest BCUT2D eigenvalue weighted by Crippen LogP contribution is 2.46. The molecule has 1 atom stereocenters. The van der Waals surface area contributed by atoms with E-state index in [1.807, 2.05) is 50.2 Å². The first-order valence-electron chi connectivity index (χ1n) is 10.8. The molecule has 4 rings (SSSR count). The molecular formula is C27H23BrN2O5. The van der Waals surface area contributed by atoms with E-state index in [0.717, 1.165) is 21.2 Å². The Hall–Kier alpha value is -3.96. The van der Waals surface area contributed by atoms with Gasteiger partial charge in [0.1, 0.15) is 34.6 Å². The predicted octanol–water partition coefficient (Wildman–Crippen LogP) is 5.28. The Balaban J connectivity index is 1.59. The minimum Gasteiger partial charge on any atom is -0.496 e. The van der Waals surface area contributed by atoms with E-state index in [2.05, 4.69) is 22.0 Å². The highest BCUT2D eigenvalue weighted by Gasteiger charge is 2.33. The highest BCUT2D eigenvalue weighted by molar-refractivity contribution is 9.10. The maximum atomic E-state index is 12.4. The van der Waals surface area contributed by atoms with Crippen molar-refractivity contribution in [3.8, 4) is 29.1 Å². The van der Waals surface area contributed by atoms with Crippen LogP contribution in [0.1, 0.15) is 28.2 Å². The lowest BCUT2D eigenvalue weighted by atomic mass is 9.83. The Morgan fingerprint density at radius 3 is 2.49 bits per heavy atom. The third-order valence-corrected chi connectivity index (χ3v) is 5.97. The van der Waals surface area contributed by atoms with Crippen molar-refractivity contribution in [1.29, 1.82) is 5.26 Å². The van der Waals surface area contributed by atoms with Gasteiger partial charge < -0.3 is 24.7 Å². The molecule has 1 aliphatic heterocycles. The Morgan fingerprint density at radius 2 is 1.80 bits per heavy atom. The zero-order valence-corrected chi connectivity index (χ0v) is 21.0. The van der Waals surface area contributed by atoms with Gasteiger partial charge in [-0.1, -0.05) is 28.1 Å². The number of nitriles is 1. The number of allylic oxidation sites excluding steroid dienone is 1. The second-order valence-corrected chi connectivity index (χ2v) is 9.01. The Morgan fingerprint density at radius 1 is 1.06 bits per heavy atom. The van der Waals surface area contributed by atoms with E-state index < -0.39 is 11.9 Å². The van der Waals surface area contributed by atoms with Crippen LogP contribution in [0, 0.1) is 25.2 Å². The lowest BCUT2D eigenvalue weighted by Gasteiger charge is -2.27. The molecule has 1 heterocycles. The first-order valence-corrected chi connectivity index (χ1v) is 11.5. The smallest absolute Gasteiger partial charge is 0.349 e. The first-order chi connectivity index (χ1) is 16.8. The molecule has 0 aliphatic carbocycles. The molecule has 2 N–H and O–H groups in total. The topological polar surface area (TPSA) is 104 Å². The quantitative estimate of drug-likeness (QED) is 0.339. The van der Waals surface area contributed by atoms with E-state index >= 15 is 0 Å². The Labute approximate surface area is 211 Å². The summed E-state index contributed by atoms with van der Waals surface area (Å²) in [4.78, 5) is 12.4. The summed E-state index contributed by atoms with van der Waals surface area (Å²) >= 11 is 3.48. The number of nitrogens with zero attached hydrogens (tertiary/aromatic N) is 1. The monoisotopic (exact) mass is 534 g/mol. The molecule has 7 nitrogen and oxygen atoms in total. The molecule has 0 aromatic heterocycles. The maximum absolute atomic E-state index is 12.4. The number of hydrogen-bond acceptors (Lipinski definition) is 7. The van der Waals surface area contributed by atoms with Gasteiger partial charge in [-0.3, -0.25) is 0 Å². The van der Waals surface area contributed by atoms with Gasteiger partial charge >= 0.3 is 5.97 Å². The van der Waals surface area contributed by atoms with Crippen molar-refractivity contribution >= 4 is 21.9 Å². The minimum atomic E-state index is -0.564. The second-order valence-electron chi connectivity index (χ2n) is 8.10. The van der Waals surface area contributed by atoms with Crippen LogP contribution in [0.5, 0.6) is 23.0 Å². The van der Waals surface area contributed by atoms with Crippen LogP contribution < -0.4 is 24.7 Å². The van der Waals surface area contributed by atoms with Crippen molar-refractivity contribution in [2.24, 2.45) is 5.73 Å². The fraction of sp³-hybridized carbons (Fsp3) is 0.185. The van der Waals surface area contributed by atoms with Crippen LogP contribution in [0.3, 0.4) is 0 Å². The van der Waals surface area contributed by atoms with Gasteiger partial charge in [0.15, 0.2) is 6.61 Å². The minimum absolute atomic E-state index is 0.0198. The third kappa shape index (κ3) is 5.26. The number of benzene rings is 3. The van der Waals surface area contributed by atoms with E-state index in [9.17, 15) is 10.1 Å². The van der Waals surface area contributed by atoms with Gasteiger partial charge in [-0.15, -0.1) is 0 Å². The molecule has 3 aromatic rings. The van der Waals surface area contributed by atoms with Crippen molar-refractivity contribution < 1.29 is 23.7 Å². The molecule has 1 aliphatic rings. The SMILES string of the molecule is COc1ccc(Br)cc1C1C(C#N)=C(N)Oc2cc(OC(=O)COc3cc(C)cc(C)c3)ccc21. The molecule has 35 heavy (non-hydrogen) atoms. The second kappa shape index (κ2) is 10.1.